The first-order valence-electron chi connectivity index (χ1n) is 5.83. The summed E-state index contributed by atoms with van der Waals surface area (Å²) in [6, 6.07) is 1.90. The average molecular weight is 302 g/mol. The monoisotopic (exact) mass is 301 g/mol. The number of aliphatic hydroxyl groups excluding tert-OH is 1. The molecule has 0 aromatic carbocycles. The Morgan fingerprint density at radius 1 is 1.35 bits per heavy atom. The third kappa shape index (κ3) is 4.60. The number of rotatable bonds is 5. The fourth-order valence-electron chi connectivity index (χ4n) is 1.37. The molecule has 0 amide bonds. The highest BCUT2D eigenvalue weighted by Crippen LogP contribution is 2.19. The number of hydrogen-bond donors (Lipinski definition) is 1. The van der Waals surface area contributed by atoms with E-state index in [1.54, 1.807) is 6.92 Å². The summed E-state index contributed by atoms with van der Waals surface area (Å²) in [5, 5.41) is 9.28. The standard InChI is InChI=1S/C12H20BrN3O/c1-8(2)12-14-10(13)7-11(15-12)16(4)6-5-9(3)17/h7-9,17H,5-6H2,1-4H3. The fourth-order valence-corrected chi connectivity index (χ4v) is 1.76. The number of aliphatic hydroxyl groups is 1. The summed E-state index contributed by atoms with van der Waals surface area (Å²) in [6.07, 6.45) is 0.446. The van der Waals surface area contributed by atoms with E-state index in [1.807, 2.05) is 18.0 Å². The Hall–Kier alpha value is -0.680. The minimum atomic E-state index is -0.285. The predicted molar refractivity (Wildman–Crippen MR) is 73.4 cm³/mol. The smallest absolute Gasteiger partial charge is 0.134 e. The maximum atomic E-state index is 9.28. The minimum absolute atomic E-state index is 0.285. The summed E-state index contributed by atoms with van der Waals surface area (Å²) in [5.74, 6) is 2.02. The molecule has 0 fully saturated rings. The molecule has 17 heavy (non-hydrogen) atoms. The minimum Gasteiger partial charge on any atom is -0.393 e. The summed E-state index contributed by atoms with van der Waals surface area (Å²) in [5.41, 5.74) is 0. The number of anilines is 1. The Morgan fingerprint density at radius 3 is 2.53 bits per heavy atom. The Morgan fingerprint density at radius 2 is 2.00 bits per heavy atom. The molecule has 1 N–H and O–H groups in total. The van der Waals surface area contributed by atoms with E-state index < -0.39 is 0 Å². The van der Waals surface area contributed by atoms with E-state index in [1.165, 1.54) is 0 Å². The summed E-state index contributed by atoms with van der Waals surface area (Å²) in [4.78, 5) is 10.9. The molecule has 1 unspecified atom stereocenters. The summed E-state index contributed by atoms with van der Waals surface area (Å²) in [7, 11) is 1.97. The van der Waals surface area contributed by atoms with Crippen LogP contribution in [0.3, 0.4) is 0 Å². The molecular weight excluding hydrogens is 282 g/mol. The molecular formula is C12H20BrN3O. The van der Waals surface area contributed by atoms with Crippen molar-refractivity contribution in [2.75, 3.05) is 18.5 Å². The van der Waals surface area contributed by atoms with Gasteiger partial charge < -0.3 is 10.0 Å². The fraction of sp³-hybridized carbons (Fsp3) is 0.667. The number of hydrogen-bond acceptors (Lipinski definition) is 4. The molecule has 0 saturated carbocycles. The van der Waals surface area contributed by atoms with Crippen molar-refractivity contribution >= 4 is 21.7 Å². The molecule has 0 saturated heterocycles. The molecule has 0 bridgehead atoms. The van der Waals surface area contributed by atoms with Gasteiger partial charge in [0, 0.05) is 25.6 Å². The van der Waals surface area contributed by atoms with Gasteiger partial charge in [-0.2, -0.15) is 0 Å². The topological polar surface area (TPSA) is 49.2 Å². The van der Waals surface area contributed by atoms with E-state index in [0.29, 0.717) is 5.92 Å². The van der Waals surface area contributed by atoms with Crippen molar-refractivity contribution in [2.45, 2.75) is 39.2 Å². The van der Waals surface area contributed by atoms with Crippen molar-refractivity contribution in [2.24, 2.45) is 0 Å². The number of halogens is 1. The van der Waals surface area contributed by atoms with Gasteiger partial charge in [-0.15, -0.1) is 0 Å². The van der Waals surface area contributed by atoms with Crippen molar-refractivity contribution in [3.8, 4) is 0 Å². The normalized spacial score (nSPS) is 12.9. The Kier molecular flexibility index (Phi) is 5.33. The van der Waals surface area contributed by atoms with Crippen LogP contribution in [0.2, 0.25) is 0 Å². The summed E-state index contributed by atoms with van der Waals surface area (Å²) >= 11 is 3.40. The van der Waals surface area contributed by atoms with Crippen LogP contribution in [0.5, 0.6) is 0 Å². The molecule has 0 aliphatic carbocycles. The highest BCUT2D eigenvalue weighted by Gasteiger charge is 2.10. The average Bonchev–Trinajstić information content (AvgIpc) is 2.24. The van der Waals surface area contributed by atoms with Gasteiger partial charge in [0.1, 0.15) is 16.2 Å². The van der Waals surface area contributed by atoms with E-state index in [9.17, 15) is 5.11 Å². The van der Waals surface area contributed by atoms with Gasteiger partial charge >= 0.3 is 0 Å². The molecule has 96 valence electrons. The van der Waals surface area contributed by atoms with Crippen molar-refractivity contribution in [3.05, 3.63) is 16.5 Å². The van der Waals surface area contributed by atoms with Crippen LogP contribution in [0.25, 0.3) is 0 Å². The van der Waals surface area contributed by atoms with Crippen LogP contribution < -0.4 is 4.90 Å². The molecule has 1 aromatic rings. The molecule has 5 heteroatoms. The first-order valence-corrected chi connectivity index (χ1v) is 6.63. The van der Waals surface area contributed by atoms with Crippen LogP contribution >= 0.6 is 15.9 Å². The lowest BCUT2D eigenvalue weighted by Crippen LogP contribution is -2.23. The molecule has 0 spiro atoms. The first kappa shape index (κ1) is 14.4. The van der Waals surface area contributed by atoms with Gasteiger partial charge in [-0.3, -0.25) is 0 Å². The largest absolute Gasteiger partial charge is 0.393 e. The van der Waals surface area contributed by atoms with E-state index in [-0.39, 0.29) is 6.10 Å². The molecule has 4 nitrogen and oxygen atoms in total. The van der Waals surface area contributed by atoms with Crippen LogP contribution in [0.15, 0.2) is 10.7 Å². The van der Waals surface area contributed by atoms with E-state index in [2.05, 4.69) is 39.7 Å². The zero-order chi connectivity index (χ0) is 13.0. The lowest BCUT2D eigenvalue weighted by atomic mass is 10.2. The lowest BCUT2D eigenvalue weighted by Gasteiger charge is -2.20. The molecule has 1 rings (SSSR count). The quantitative estimate of drug-likeness (QED) is 0.849. The molecule has 1 heterocycles. The molecule has 1 aromatic heterocycles. The zero-order valence-electron chi connectivity index (χ0n) is 10.8. The number of aromatic nitrogens is 2. The van der Waals surface area contributed by atoms with E-state index in [4.69, 9.17) is 0 Å². The maximum Gasteiger partial charge on any atom is 0.134 e. The molecule has 1 atom stereocenters. The maximum absolute atomic E-state index is 9.28. The third-order valence-electron chi connectivity index (χ3n) is 2.49. The van der Waals surface area contributed by atoms with Gasteiger partial charge in [-0.1, -0.05) is 13.8 Å². The van der Waals surface area contributed by atoms with Crippen molar-refractivity contribution < 1.29 is 5.11 Å². The molecule has 0 aliphatic heterocycles. The highest BCUT2D eigenvalue weighted by atomic mass is 79.9. The zero-order valence-corrected chi connectivity index (χ0v) is 12.4. The summed E-state index contributed by atoms with van der Waals surface area (Å²) in [6.45, 7) is 6.71. The van der Waals surface area contributed by atoms with Crippen LogP contribution in [0, 0.1) is 0 Å². The van der Waals surface area contributed by atoms with Crippen LogP contribution in [0.4, 0.5) is 5.82 Å². The highest BCUT2D eigenvalue weighted by molar-refractivity contribution is 9.10. The Balaban J connectivity index is 2.82. The van der Waals surface area contributed by atoms with Gasteiger partial charge in [0.25, 0.3) is 0 Å². The van der Waals surface area contributed by atoms with Gasteiger partial charge in [-0.05, 0) is 29.3 Å². The second-order valence-corrected chi connectivity index (χ2v) is 5.43. The predicted octanol–water partition coefficient (Wildman–Crippen LogP) is 2.57. The lowest BCUT2D eigenvalue weighted by molar-refractivity contribution is 0.187. The van der Waals surface area contributed by atoms with E-state index in [0.717, 1.165) is 29.2 Å². The first-order chi connectivity index (χ1) is 7.90. The Bertz CT molecular complexity index is 369. The second-order valence-electron chi connectivity index (χ2n) is 4.62. The Labute approximate surface area is 111 Å². The van der Waals surface area contributed by atoms with Gasteiger partial charge in [0.05, 0.1) is 6.10 Å². The van der Waals surface area contributed by atoms with Gasteiger partial charge in [0.2, 0.25) is 0 Å². The third-order valence-corrected chi connectivity index (χ3v) is 2.89. The van der Waals surface area contributed by atoms with E-state index >= 15 is 0 Å². The molecule has 0 radical (unpaired) electrons. The van der Waals surface area contributed by atoms with Gasteiger partial charge in [-0.25, -0.2) is 9.97 Å². The summed E-state index contributed by atoms with van der Waals surface area (Å²) < 4.78 is 0.801. The van der Waals surface area contributed by atoms with Crippen molar-refractivity contribution in [3.63, 3.8) is 0 Å². The second kappa shape index (κ2) is 6.31. The van der Waals surface area contributed by atoms with Crippen LogP contribution in [0.1, 0.15) is 38.9 Å². The molecule has 0 aliphatic rings. The van der Waals surface area contributed by atoms with Crippen LogP contribution in [-0.4, -0.2) is 34.8 Å². The van der Waals surface area contributed by atoms with Crippen LogP contribution in [-0.2, 0) is 0 Å². The number of nitrogens with zero attached hydrogens (tertiary/aromatic N) is 3. The SMILES string of the molecule is CC(O)CCN(C)c1cc(Br)nc(C(C)C)n1. The van der Waals surface area contributed by atoms with Gasteiger partial charge in [0.15, 0.2) is 0 Å². The van der Waals surface area contributed by atoms with Crippen molar-refractivity contribution in [1.82, 2.24) is 9.97 Å². The van der Waals surface area contributed by atoms with Crippen molar-refractivity contribution in [1.29, 1.82) is 0 Å².